The summed E-state index contributed by atoms with van der Waals surface area (Å²) in [5.41, 5.74) is 3.36. The zero-order valence-corrected chi connectivity index (χ0v) is 14.7. The van der Waals surface area contributed by atoms with Crippen LogP contribution >= 0.6 is 0 Å². The number of carbonyl (C=O) groups is 2. The fourth-order valence-electron chi connectivity index (χ4n) is 2.54. The highest BCUT2D eigenvalue weighted by atomic mass is 16.5. The quantitative estimate of drug-likeness (QED) is 0.564. The summed E-state index contributed by atoms with van der Waals surface area (Å²) < 4.78 is 11.2. The lowest BCUT2D eigenvalue weighted by atomic mass is 10.0. The van der Waals surface area contributed by atoms with Gasteiger partial charge in [0.05, 0.1) is 12.9 Å². The number of furan rings is 1. The first-order valence-electron chi connectivity index (χ1n) is 8.25. The van der Waals surface area contributed by atoms with Crippen LogP contribution in [0.4, 0.5) is 0 Å². The highest BCUT2D eigenvalue weighted by molar-refractivity contribution is 5.97. The van der Waals surface area contributed by atoms with Crippen LogP contribution in [0, 0.1) is 6.92 Å². The van der Waals surface area contributed by atoms with Gasteiger partial charge in [0, 0.05) is 36.1 Å². The van der Waals surface area contributed by atoms with Gasteiger partial charge in [0.15, 0.2) is 0 Å². The summed E-state index contributed by atoms with van der Waals surface area (Å²) in [4.78, 5) is 22.5. The molecule has 1 aromatic carbocycles. The molecular formula is C19H23NO5. The summed E-state index contributed by atoms with van der Waals surface area (Å²) in [6.45, 7) is 6.54. The van der Waals surface area contributed by atoms with Crippen molar-refractivity contribution < 1.29 is 23.8 Å². The number of ether oxygens (including phenoxy) is 1. The molecule has 25 heavy (non-hydrogen) atoms. The maximum absolute atomic E-state index is 12.0. The van der Waals surface area contributed by atoms with Gasteiger partial charge in [-0.1, -0.05) is 0 Å². The van der Waals surface area contributed by atoms with Gasteiger partial charge in [-0.3, -0.25) is 9.59 Å². The SMILES string of the molecule is CCOc1cc2occ(C)c2cc1/C(C)=C/C(=O)NCCCC(=O)O. The van der Waals surface area contributed by atoms with Crippen molar-refractivity contribution >= 4 is 28.4 Å². The van der Waals surface area contributed by atoms with Crippen molar-refractivity contribution in [3.63, 3.8) is 0 Å². The maximum atomic E-state index is 12.0. The molecule has 0 radical (unpaired) electrons. The van der Waals surface area contributed by atoms with Gasteiger partial charge in [-0.05, 0) is 44.4 Å². The number of carbonyl (C=O) groups excluding carboxylic acids is 1. The van der Waals surface area contributed by atoms with Crippen molar-refractivity contribution in [2.45, 2.75) is 33.6 Å². The molecule has 0 aliphatic rings. The van der Waals surface area contributed by atoms with E-state index in [1.165, 1.54) is 6.08 Å². The van der Waals surface area contributed by atoms with E-state index in [0.717, 1.165) is 27.7 Å². The van der Waals surface area contributed by atoms with Crippen molar-refractivity contribution in [2.24, 2.45) is 0 Å². The molecule has 0 spiro atoms. The van der Waals surface area contributed by atoms with Gasteiger partial charge in [0.2, 0.25) is 5.91 Å². The van der Waals surface area contributed by atoms with Crippen LogP contribution in [0.15, 0.2) is 28.9 Å². The van der Waals surface area contributed by atoms with Crippen LogP contribution in [0.5, 0.6) is 5.75 Å². The van der Waals surface area contributed by atoms with Crippen LogP contribution in [0.3, 0.4) is 0 Å². The number of nitrogens with one attached hydrogen (secondary N) is 1. The van der Waals surface area contributed by atoms with Crippen molar-refractivity contribution in [3.8, 4) is 5.75 Å². The number of aliphatic carboxylic acids is 1. The Morgan fingerprint density at radius 1 is 1.36 bits per heavy atom. The van der Waals surface area contributed by atoms with Crippen LogP contribution in [0.25, 0.3) is 16.5 Å². The molecule has 6 nitrogen and oxygen atoms in total. The minimum Gasteiger partial charge on any atom is -0.493 e. The van der Waals surface area contributed by atoms with Gasteiger partial charge in [-0.15, -0.1) is 0 Å². The molecule has 6 heteroatoms. The second-order valence-electron chi connectivity index (χ2n) is 5.81. The molecule has 0 atom stereocenters. The summed E-state index contributed by atoms with van der Waals surface area (Å²) in [5, 5.41) is 12.3. The molecule has 2 rings (SSSR count). The lowest BCUT2D eigenvalue weighted by Gasteiger charge is -2.11. The Bertz CT molecular complexity index is 803. The highest BCUT2D eigenvalue weighted by Crippen LogP contribution is 2.33. The number of carboxylic acids is 1. The average molecular weight is 345 g/mol. The number of benzene rings is 1. The third-order valence-electron chi connectivity index (χ3n) is 3.81. The molecule has 0 aliphatic heterocycles. The van der Waals surface area contributed by atoms with E-state index in [2.05, 4.69) is 5.32 Å². The predicted octanol–water partition coefficient (Wildman–Crippen LogP) is 3.52. The van der Waals surface area contributed by atoms with Crippen LogP contribution in [-0.4, -0.2) is 30.1 Å². The number of amides is 1. The molecule has 0 unspecified atom stereocenters. The lowest BCUT2D eigenvalue weighted by molar-refractivity contribution is -0.137. The molecule has 1 heterocycles. The van der Waals surface area contributed by atoms with Gasteiger partial charge in [0.1, 0.15) is 11.3 Å². The molecule has 2 aromatic rings. The molecule has 2 N–H and O–H groups in total. The summed E-state index contributed by atoms with van der Waals surface area (Å²) in [5.74, 6) is -0.461. The van der Waals surface area contributed by atoms with E-state index in [4.69, 9.17) is 14.3 Å². The topological polar surface area (TPSA) is 88.8 Å². The molecule has 0 fully saturated rings. The van der Waals surface area contributed by atoms with E-state index in [9.17, 15) is 9.59 Å². The Balaban J connectivity index is 2.19. The lowest BCUT2D eigenvalue weighted by Crippen LogP contribution is -2.23. The predicted molar refractivity (Wildman–Crippen MR) is 95.7 cm³/mol. The second-order valence-corrected chi connectivity index (χ2v) is 5.81. The summed E-state index contributed by atoms with van der Waals surface area (Å²) in [6, 6.07) is 3.80. The highest BCUT2D eigenvalue weighted by Gasteiger charge is 2.12. The van der Waals surface area contributed by atoms with E-state index in [0.29, 0.717) is 25.3 Å². The van der Waals surface area contributed by atoms with Crippen LogP contribution in [0.1, 0.15) is 37.8 Å². The van der Waals surface area contributed by atoms with E-state index in [1.807, 2.05) is 32.9 Å². The van der Waals surface area contributed by atoms with E-state index in [-0.39, 0.29) is 12.3 Å². The molecule has 0 saturated heterocycles. The number of hydrogen-bond donors (Lipinski definition) is 2. The normalized spacial score (nSPS) is 11.6. The number of rotatable bonds is 8. The Morgan fingerprint density at radius 3 is 2.80 bits per heavy atom. The molecule has 1 amide bonds. The van der Waals surface area contributed by atoms with Crippen LogP contribution < -0.4 is 10.1 Å². The number of fused-ring (bicyclic) bond motifs is 1. The van der Waals surface area contributed by atoms with Gasteiger partial charge in [0.25, 0.3) is 0 Å². The standard InChI is InChI=1S/C19H23NO5/c1-4-24-16-10-17-15(13(3)11-25-17)9-14(16)12(2)8-18(21)20-7-5-6-19(22)23/h8-11H,4-7H2,1-3H3,(H,20,21)(H,22,23)/b12-8+. The van der Waals surface area contributed by atoms with Gasteiger partial charge < -0.3 is 19.6 Å². The van der Waals surface area contributed by atoms with Crippen molar-refractivity contribution in [3.05, 3.63) is 35.6 Å². The summed E-state index contributed by atoms with van der Waals surface area (Å²) in [6.07, 6.45) is 3.63. The van der Waals surface area contributed by atoms with Crippen molar-refractivity contribution in [2.75, 3.05) is 13.2 Å². The smallest absolute Gasteiger partial charge is 0.303 e. The number of allylic oxidation sites excluding steroid dienone is 1. The van der Waals surface area contributed by atoms with Crippen molar-refractivity contribution in [1.29, 1.82) is 0 Å². The fraction of sp³-hybridized carbons (Fsp3) is 0.368. The fourth-order valence-corrected chi connectivity index (χ4v) is 2.54. The molecular weight excluding hydrogens is 322 g/mol. The number of aryl methyl sites for hydroxylation is 1. The maximum Gasteiger partial charge on any atom is 0.303 e. The third-order valence-corrected chi connectivity index (χ3v) is 3.81. The number of carboxylic acid groups (broad SMARTS) is 1. The molecule has 0 aliphatic carbocycles. The minimum atomic E-state index is -0.869. The van der Waals surface area contributed by atoms with Gasteiger partial charge in [-0.2, -0.15) is 0 Å². The first-order chi connectivity index (χ1) is 11.9. The van der Waals surface area contributed by atoms with Crippen LogP contribution in [0.2, 0.25) is 0 Å². The summed E-state index contributed by atoms with van der Waals surface area (Å²) in [7, 11) is 0. The monoisotopic (exact) mass is 345 g/mol. The molecule has 0 saturated carbocycles. The summed E-state index contributed by atoms with van der Waals surface area (Å²) >= 11 is 0. The van der Waals surface area contributed by atoms with E-state index < -0.39 is 5.97 Å². The first kappa shape index (κ1) is 18.6. The molecule has 134 valence electrons. The first-order valence-corrected chi connectivity index (χ1v) is 8.25. The van der Waals surface area contributed by atoms with Gasteiger partial charge in [-0.25, -0.2) is 0 Å². The minimum absolute atomic E-state index is 0.0356. The second kappa shape index (κ2) is 8.37. The van der Waals surface area contributed by atoms with Gasteiger partial charge >= 0.3 is 5.97 Å². The molecule has 0 bridgehead atoms. The Labute approximate surface area is 146 Å². The number of hydrogen-bond acceptors (Lipinski definition) is 4. The average Bonchev–Trinajstić information content (AvgIpc) is 2.91. The molecule has 1 aromatic heterocycles. The zero-order valence-electron chi connectivity index (χ0n) is 14.7. The van der Waals surface area contributed by atoms with Crippen molar-refractivity contribution in [1.82, 2.24) is 5.32 Å². The third kappa shape index (κ3) is 4.86. The Hall–Kier alpha value is -2.76. The Morgan fingerprint density at radius 2 is 2.12 bits per heavy atom. The van der Waals surface area contributed by atoms with Crippen LogP contribution in [-0.2, 0) is 9.59 Å². The Kier molecular flexibility index (Phi) is 6.22. The van der Waals surface area contributed by atoms with E-state index >= 15 is 0 Å². The largest absolute Gasteiger partial charge is 0.493 e. The van der Waals surface area contributed by atoms with E-state index in [1.54, 1.807) is 6.26 Å². The zero-order chi connectivity index (χ0) is 18.4.